The Kier molecular flexibility index (Phi) is 12.9. The van der Waals surface area contributed by atoms with Crippen molar-refractivity contribution < 1.29 is 18.9 Å². The molecule has 35 heavy (non-hydrogen) atoms. The highest BCUT2D eigenvalue weighted by Gasteiger charge is 2.34. The van der Waals surface area contributed by atoms with Crippen LogP contribution in [0.3, 0.4) is 0 Å². The number of rotatable bonds is 9. The van der Waals surface area contributed by atoms with Crippen molar-refractivity contribution in [2.45, 2.75) is 94.1 Å². The summed E-state index contributed by atoms with van der Waals surface area (Å²) in [6.45, 7) is 3.93. The van der Waals surface area contributed by atoms with Crippen molar-refractivity contribution in [2.75, 3.05) is 13.6 Å². The van der Waals surface area contributed by atoms with Gasteiger partial charge in [0, 0.05) is 41.8 Å². The molecule has 0 saturated heterocycles. The third-order valence-corrected chi connectivity index (χ3v) is 7.50. The van der Waals surface area contributed by atoms with E-state index in [2.05, 4.69) is 26.3 Å². The van der Waals surface area contributed by atoms with E-state index in [0.29, 0.717) is 25.7 Å². The summed E-state index contributed by atoms with van der Waals surface area (Å²) >= 11 is 12.7. The minimum atomic E-state index is -0.460. The molecule has 2 saturated carbocycles. The van der Waals surface area contributed by atoms with Gasteiger partial charge >= 0.3 is 5.97 Å². The van der Waals surface area contributed by atoms with Crippen molar-refractivity contribution in [3.05, 3.63) is 0 Å². The van der Waals surface area contributed by atoms with E-state index in [1.165, 1.54) is 0 Å². The highest BCUT2D eigenvalue weighted by Crippen LogP contribution is 2.34. The smallest absolute Gasteiger partial charge is 0.310 e. The number of alkyl halides is 2. The SMILES string of the molecule is CN=C(NC(C)C)NC1CCCC(C(=O)NCC(=O)NC(CC(=O)OP)C2CC(Cl)CC(Cl)C2)C1. The molecular weight excluding hydrogens is 512 g/mol. The highest BCUT2D eigenvalue weighted by atomic mass is 35.5. The summed E-state index contributed by atoms with van der Waals surface area (Å²) in [5.74, 6) is -0.442. The zero-order valence-corrected chi connectivity index (χ0v) is 23.5. The second-order valence-electron chi connectivity index (χ2n) is 9.82. The molecule has 200 valence electrons. The van der Waals surface area contributed by atoms with Gasteiger partial charge in [-0.25, -0.2) is 0 Å². The van der Waals surface area contributed by atoms with Crippen LogP contribution in [0.1, 0.15) is 65.2 Å². The molecule has 2 rings (SSSR count). The van der Waals surface area contributed by atoms with Gasteiger partial charge < -0.3 is 25.8 Å². The first kappa shape index (κ1) is 29.9. The van der Waals surface area contributed by atoms with Crippen molar-refractivity contribution in [1.29, 1.82) is 0 Å². The predicted octanol–water partition coefficient (Wildman–Crippen LogP) is 2.46. The number of nitrogens with one attached hydrogen (secondary N) is 4. The molecule has 12 heteroatoms. The molecule has 0 aromatic heterocycles. The quantitative estimate of drug-likeness (QED) is 0.151. The van der Waals surface area contributed by atoms with Gasteiger partial charge in [-0.2, -0.15) is 0 Å². The van der Waals surface area contributed by atoms with Gasteiger partial charge in [0.2, 0.25) is 11.8 Å². The molecule has 0 aliphatic heterocycles. The summed E-state index contributed by atoms with van der Waals surface area (Å²) in [5, 5.41) is 12.1. The van der Waals surface area contributed by atoms with Crippen molar-refractivity contribution in [3.8, 4) is 0 Å². The Morgan fingerprint density at radius 1 is 1.06 bits per heavy atom. The maximum Gasteiger partial charge on any atom is 0.310 e. The van der Waals surface area contributed by atoms with Gasteiger partial charge in [0.25, 0.3) is 0 Å². The summed E-state index contributed by atoms with van der Waals surface area (Å²) < 4.78 is 4.72. The van der Waals surface area contributed by atoms with Crippen LogP contribution in [-0.2, 0) is 18.9 Å². The van der Waals surface area contributed by atoms with Gasteiger partial charge in [-0.05, 0) is 58.3 Å². The molecule has 2 fully saturated rings. The van der Waals surface area contributed by atoms with Crippen LogP contribution in [0.5, 0.6) is 0 Å². The van der Waals surface area contributed by atoms with Gasteiger partial charge in [-0.1, -0.05) is 6.42 Å². The van der Waals surface area contributed by atoms with Crippen molar-refractivity contribution in [1.82, 2.24) is 21.3 Å². The van der Waals surface area contributed by atoms with Gasteiger partial charge in [0.1, 0.15) is 0 Å². The first-order chi connectivity index (χ1) is 16.6. The van der Waals surface area contributed by atoms with Crippen LogP contribution >= 0.6 is 32.7 Å². The van der Waals surface area contributed by atoms with Crippen LogP contribution < -0.4 is 21.3 Å². The topological polar surface area (TPSA) is 121 Å². The minimum absolute atomic E-state index is 0.0166. The van der Waals surface area contributed by atoms with E-state index in [9.17, 15) is 14.4 Å². The summed E-state index contributed by atoms with van der Waals surface area (Å²) in [4.78, 5) is 41.6. The van der Waals surface area contributed by atoms with Gasteiger partial charge in [0.05, 0.1) is 22.4 Å². The summed E-state index contributed by atoms with van der Waals surface area (Å²) in [6.07, 6.45) is 5.34. The number of hydrogen-bond acceptors (Lipinski definition) is 5. The largest absolute Gasteiger partial charge is 0.451 e. The number of aliphatic imine (C=N–C) groups is 1. The lowest BCUT2D eigenvalue weighted by Gasteiger charge is -2.34. The normalized spacial score (nSPS) is 28.1. The van der Waals surface area contributed by atoms with Crippen LogP contribution in [0.4, 0.5) is 0 Å². The fourth-order valence-corrected chi connectivity index (χ4v) is 5.96. The molecule has 2 aliphatic rings. The average Bonchev–Trinajstić information content (AvgIpc) is 2.80. The standard InChI is InChI=1S/C23H40Cl2N5O4P/c1-13(2)28-23(26-3)29-18-6-4-5-14(9-18)22(33)27-12-20(31)30-19(11-21(32)34-35)15-7-16(24)10-17(25)8-15/h13-19H,4-12,35H2,1-3H3,(H,27,33)(H,30,31)(H2,26,28,29). The molecule has 2 aliphatic carbocycles. The number of guanidine groups is 1. The molecule has 0 spiro atoms. The first-order valence-corrected chi connectivity index (χ1v) is 13.7. The molecular formula is C23H40Cl2N5O4P. The number of carbonyl (C=O) groups is 3. The van der Waals surface area contributed by atoms with E-state index in [0.717, 1.165) is 25.2 Å². The van der Waals surface area contributed by atoms with Crippen LogP contribution in [0, 0.1) is 11.8 Å². The fourth-order valence-electron chi connectivity index (χ4n) is 4.88. The van der Waals surface area contributed by atoms with Crippen LogP contribution in [-0.4, -0.2) is 66.2 Å². The van der Waals surface area contributed by atoms with E-state index in [1.807, 2.05) is 23.3 Å². The summed E-state index contributed by atoms with van der Waals surface area (Å²) in [7, 11) is 3.66. The Morgan fingerprint density at radius 3 is 2.34 bits per heavy atom. The number of amides is 2. The van der Waals surface area contributed by atoms with Gasteiger partial charge in [-0.3, -0.25) is 19.4 Å². The predicted molar refractivity (Wildman–Crippen MR) is 142 cm³/mol. The number of halogens is 2. The molecule has 0 aromatic carbocycles. The summed E-state index contributed by atoms with van der Waals surface area (Å²) in [6, 6.07) is -0.0685. The third-order valence-electron chi connectivity index (χ3n) is 6.52. The van der Waals surface area contributed by atoms with Gasteiger partial charge in [0.15, 0.2) is 5.96 Å². The van der Waals surface area contributed by atoms with Crippen molar-refractivity contribution in [2.24, 2.45) is 16.8 Å². The van der Waals surface area contributed by atoms with E-state index in [4.69, 9.17) is 27.7 Å². The number of hydrogen-bond donors (Lipinski definition) is 4. The maximum atomic E-state index is 12.8. The van der Waals surface area contributed by atoms with E-state index in [1.54, 1.807) is 7.05 Å². The molecule has 2 amide bonds. The van der Waals surface area contributed by atoms with Crippen molar-refractivity contribution in [3.63, 3.8) is 0 Å². The minimum Gasteiger partial charge on any atom is -0.451 e. The molecule has 4 N–H and O–H groups in total. The molecule has 6 unspecified atom stereocenters. The fraction of sp³-hybridized carbons (Fsp3) is 0.826. The zero-order valence-electron chi connectivity index (χ0n) is 20.8. The maximum absolute atomic E-state index is 12.8. The number of carbonyl (C=O) groups excluding carboxylic acids is 3. The zero-order chi connectivity index (χ0) is 26.0. The van der Waals surface area contributed by atoms with Crippen LogP contribution in [0.25, 0.3) is 0 Å². The Hall–Kier alpha value is -1.31. The van der Waals surface area contributed by atoms with Crippen molar-refractivity contribution >= 4 is 56.4 Å². The lowest BCUT2D eigenvalue weighted by molar-refractivity contribution is -0.135. The average molecular weight is 552 g/mol. The monoisotopic (exact) mass is 551 g/mol. The lowest BCUT2D eigenvalue weighted by atomic mass is 9.82. The highest BCUT2D eigenvalue weighted by molar-refractivity contribution is 7.10. The Bertz CT molecular complexity index is 747. The van der Waals surface area contributed by atoms with Crippen LogP contribution in [0.15, 0.2) is 4.99 Å². The Balaban J connectivity index is 1.87. The molecule has 0 bridgehead atoms. The molecule has 9 nitrogen and oxygen atoms in total. The van der Waals surface area contributed by atoms with Gasteiger partial charge in [-0.15, -0.1) is 23.2 Å². The van der Waals surface area contributed by atoms with E-state index in [-0.39, 0.29) is 59.5 Å². The van der Waals surface area contributed by atoms with Crippen LogP contribution in [0.2, 0.25) is 0 Å². The molecule has 0 heterocycles. The molecule has 0 radical (unpaired) electrons. The molecule has 0 aromatic rings. The summed E-state index contributed by atoms with van der Waals surface area (Å²) in [5.41, 5.74) is 0. The van der Waals surface area contributed by atoms with E-state index >= 15 is 0 Å². The first-order valence-electron chi connectivity index (χ1n) is 12.4. The van der Waals surface area contributed by atoms with E-state index < -0.39 is 12.0 Å². The Labute approximate surface area is 220 Å². The Morgan fingerprint density at radius 2 is 1.74 bits per heavy atom. The number of nitrogens with zero attached hydrogens (tertiary/aromatic N) is 1. The second kappa shape index (κ2) is 15.1. The third kappa shape index (κ3) is 10.7. The second-order valence-corrected chi connectivity index (χ2v) is 11.3. The molecule has 6 atom stereocenters. The lowest BCUT2D eigenvalue weighted by Crippen LogP contribution is -2.50.